The van der Waals surface area contributed by atoms with Crippen molar-refractivity contribution >= 4 is 11.9 Å². The second-order valence-electron chi connectivity index (χ2n) is 3.88. The molecule has 0 saturated carbocycles. The van der Waals surface area contributed by atoms with Gasteiger partial charge in [-0.2, -0.15) is 15.0 Å². The van der Waals surface area contributed by atoms with Crippen molar-refractivity contribution in [2.24, 2.45) is 0 Å². The zero-order chi connectivity index (χ0) is 13.7. The Morgan fingerprint density at radius 2 is 2.00 bits per heavy atom. The second-order valence-corrected chi connectivity index (χ2v) is 3.88. The lowest BCUT2D eigenvalue weighted by molar-refractivity contribution is 0.312. The lowest BCUT2D eigenvalue weighted by Crippen LogP contribution is -2.12. The standard InChI is InChI=1S/C12H16N6O/c1-3-19-12-17-10(13)16-11(18-12)15-8(2)9-4-6-14-7-5-9/h4-8H,3H2,1-2H3,(H3,13,15,16,17,18). The van der Waals surface area contributed by atoms with Gasteiger partial charge < -0.3 is 15.8 Å². The van der Waals surface area contributed by atoms with Crippen LogP contribution in [0.25, 0.3) is 0 Å². The Labute approximate surface area is 111 Å². The Morgan fingerprint density at radius 1 is 1.26 bits per heavy atom. The number of rotatable bonds is 5. The molecular formula is C12H16N6O. The van der Waals surface area contributed by atoms with E-state index >= 15 is 0 Å². The number of nitrogen functional groups attached to an aromatic ring is 1. The third kappa shape index (κ3) is 3.51. The fourth-order valence-electron chi connectivity index (χ4n) is 1.56. The first-order valence-corrected chi connectivity index (χ1v) is 6.00. The SMILES string of the molecule is CCOc1nc(N)nc(NC(C)c2ccncc2)n1. The van der Waals surface area contributed by atoms with E-state index in [9.17, 15) is 0 Å². The van der Waals surface area contributed by atoms with Crippen LogP contribution in [0.5, 0.6) is 6.01 Å². The highest BCUT2D eigenvalue weighted by Crippen LogP contribution is 2.17. The van der Waals surface area contributed by atoms with E-state index in [0.29, 0.717) is 12.6 Å². The summed E-state index contributed by atoms with van der Waals surface area (Å²) in [5.74, 6) is 0.517. The number of aromatic nitrogens is 4. The zero-order valence-electron chi connectivity index (χ0n) is 10.9. The van der Waals surface area contributed by atoms with Gasteiger partial charge in [0.15, 0.2) is 0 Å². The van der Waals surface area contributed by atoms with Crippen molar-refractivity contribution in [1.29, 1.82) is 0 Å². The van der Waals surface area contributed by atoms with Gasteiger partial charge in [0.25, 0.3) is 0 Å². The number of ether oxygens (including phenoxy) is 1. The molecule has 19 heavy (non-hydrogen) atoms. The van der Waals surface area contributed by atoms with Crippen LogP contribution in [-0.2, 0) is 0 Å². The predicted octanol–water partition coefficient (Wildman–Crippen LogP) is 1.42. The summed E-state index contributed by atoms with van der Waals surface area (Å²) in [5.41, 5.74) is 6.69. The van der Waals surface area contributed by atoms with Gasteiger partial charge in [0, 0.05) is 12.4 Å². The molecule has 3 N–H and O–H groups in total. The quantitative estimate of drug-likeness (QED) is 0.838. The summed E-state index contributed by atoms with van der Waals surface area (Å²) in [6.45, 7) is 4.32. The molecule has 0 fully saturated rings. The molecule has 1 unspecified atom stereocenters. The molecule has 2 heterocycles. The largest absolute Gasteiger partial charge is 0.464 e. The molecular weight excluding hydrogens is 244 g/mol. The zero-order valence-corrected chi connectivity index (χ0v) is 10.9. The van der Waals surface area contributed by atoms with Crippen LogP contribution < -0.4 is 15.8 Å². The highest BCUT2D eigenvalue weighted by atomic mass is 16.5. The van der Waals surface area contributed by atoms with Gasteiger partial charge in [0.05, 0.1) is 12.6 Å². The van der Waals surface area contributed by atoms with Crippen molar-refractivity contribution in [3.63, 3.8) is 0 Å². The van der Waals surface area contributed by atoms with Crippen LogP contribution in [0.2, 0.25) is 0 Å². The Morgan fingerprint density at radius 3 is 2.68 bits per heavy atom. The monoisotopic (exact) mass is 260 g/mol. The third-order valence-corrected chi connectivity index (χ3v) is 2.46. The van der Waals surface area contributed by atoms with Gasteiger partial charge >= 0.3 is 6.01 Å². The van der Waals surface area contributed by atoms with E-state index < -0.39 is 0 Å². The van der Waals surface area contributed by atoms with Crippen molar-refractivity contribution in [3.8, 4) is 6.01 Å². The van der Waals surface area contributed by atoms with Crippen molar-refractivity contribution < 1.29 is 4.74 Å². The summed E-state index contributed by atoms with van der Waals surface area (Å²) >= 11 is 0. The Hall–Kier alpha value is -2.44. The van der Waals surface area contributed by atoms with Crippen LogP contribution >= 0.6 is 0 Å². The Bertz CT molecular complexity index is 533. The lowest BCUT2D eigenvalue weighted by Gasteiger charge is -2.14. The summed E-state index contributed by atoms with van der Waals surface area (Å²) in [4.78, 5) is 16.0. The molecule has 0 radical (unpaired) electrons. The summed E-state index contributed by atoms with van der Waals surface area (Å²) in [6.07, 6.45) is 3.47. The highest BCUT2D eigenvalue weighted by Gasteiger charge is 2.09. The van der Waals surface area contributed by atoms with Crippen molar-refractivity contribution in [2.45, 2.75) is 19.9 Å². The van der Waals surface area contributed by atoms with Crippen molar-refractivity contribution in [1.82, 2.24) is 19.9 Å². The molecule has 0 aliphatic heterocycles. The van der Waals surface area contributed by atoms with Gasteiger partial charge in [-0.3, -0.25) is 4.98 Å². The molecule has 0 aromatic carbocycles. The van der Waals surface area contributed by atoms with E-state index in [2.05, 4.69) is 25.3 Å². The Kier molecular flexibility index (Phi) is 4.07. The van der Waals surface area contributed by atoms with Crippen LogP contribution in [0.3, 0.4) is 0 Å². The van der Waals surface area contributed by atoms with Gasteiger partial charge in [-0.15, -0.1) is 0 Å². The van der Waals surface area contributed by atoms with Gasteiger partial charge in [0.1, 0.15) is 0 Å². The minimum absolute atomic E-state index is 0.0271. The fraction of sp³-hybridized carbons (Fsp3) is 0.333. The van der Waals surface area contributed by atoms with Crippen molar-refractivity contribution in [2.75, 3.05) is 17.7 Å². The number of nitrogens with one attached hydrogen (secondary N) is 1. The third-order valence-electron chi connectivity index (χ3n) is 2.46. The number of nitrogens with two attached hydrogens (primary N) is 1. The number of hydrogen-bond acceptors (Lipinski definition) is 7. The van der Waals surface area contributed by atoms with Gasteiger partial charge in [0.2, 0.25) is 11.9 Å². The van der Waals surface area contributed by atoms with E-state index in [1.54, 1.807) is 12.4 Å². The average molecular weight is 260 g/mol. The smallest absolute Gasteiger partial charge is 0.323 e. The van der Waals surface area contributed by atoms with Gasteiger partial charge in [-0.25, -0.2) is 0 Å². The topological polar surface area (TPSA) is 98.8 Å². The summed E-state index contributed by atoms with van der Waals surface area (Å²) in [6, 6.07) is 4.09. The molecule has 0 spiro atoms. The van der Waals surface area contributed by atoms with E-state index in [1.807, 2.05) is 26.0 Å². The van der Waals surface area contributed by atoms with E-state index in [1.165, 1.54) is 0 Å². The first kappa shape index (κ1) is 13.0. The minimum atomic E-state index is 0.0271. The highest BCUT2D eigenvalue weighted by molar-refractivity contribution is 5.35. The molecule has 7 heteroatoms. The summed E-state index contributed by atoms with van der Waals surface area (Å²) in [7, 11) is 0. The molecule has 2 aromatic rings. The van der Waals surface area contributed by atoms with Crippen LogP contribution in [0.1, 0.15) is 25.5 Å². The predicted molar refractivity (Wildman–Crippen MR) is 71.7 cm³/mol. The first-order chi connectivity index (χ1) is 9.19. The Balaban J connectivity index is 2.14. The molecule has 0 aliphatic carbocycles. The molecule has 7 nitrogen and oxygen atoms in total. The number of nitrogens with zero attached hydrogens (tertiary/aromatic N) is 4. The molecule has 2 rings (SSSR count). The van der Waals surface area contributed by atoms with Crippen LogP contribution in [0, 0.1) is 0 Å². The molecule has 2 aromatic heterocycles. The second kappa shape index (κ2) is 5.94. The minimum Gasteiger partial charge on any atom is -0.464 e. The maximum Gasteiger partial charge on any atom is 0.323 e. The molecule has 100 valence electrons. The number of anilines is 2. The molecule has 0 bridgehead atoms. The van der Waals surface area contributed by atoms with E-state index in [4.69, 9.17) is 10.5 Å². The lowest BCUT2D eigenvalue weighted by atomic mass is 10.1. The van der Waals surface area contributed by atoms with Crippen LogP contribution in [-0.4, -0.2) is 26.5 Å². The van der Waals surface area contributed by atoms with Gasteiger partial charge in [-0.05, 0) is 31.5 Å². The summed E-state index contributed by atoms with van der Waals surface area (Å²) in [5, 5.41) is 3.15. The molecule has 1 atom stereocenters. The molecule has 0 aliphatic rings. The maximum absolute atomic E-state index is 5.61. The average Bonchev–Trinajstić information content (AvgIpc) is 2.39. The van der Waals surface area contributed by atoms with Crippen LogP contribution in [0.4, 0.5) is 11.9 Å². The molecule has 0 amide bonds. The van der Waals surface area contributed by atoms with Crippen molar-refractivity contribution in [3.05, 3.63) is 30.1 Å². The number of pyridine rings is 1. The fourth-order valence-corrected chi connectivity index (χ4v) is 1.56. The summed E-state index contributed by atoms with van der Waals surface area (Å²) < 4.78 is 5.22. The maximum atomic E-state index is 5.61. The normalized spacial score (nSPS) is 11.9. The van der Waals surface area contributed by atoms with Crippen LogP contribution in [0.15, 0.2) is 24.5 Å². The van der Waals surface area contributed by atoms with E-state index in [0.717, 1.165) is 5.56 Å². The molecule has 0 saturated heterocycles. The number of hydrogen-bond donors (Lipinski definition) is 2. The van der Waals surface area contributed by atoms with Gasteiger partial charge in [-0.1, -0.05) is 0 Å². The first-order valence-electron chi connectivity index (χ1n) is 6.00. The van der Waals surface area contributed by atoms with E-state index in [-0.39, 0.29) is 18.0 Å².